The van der Waals surface area contributed by atoms with E-state index in [-0.39, 0.29) is 23.9 Å². The minimum absolute atomic E-state index is 0.0496. The van der Waals surface area contributed by atoms with E-state index in [4.69, 9.17) is 10.7 Å². The fourth-order valence-corrected chi connectivity index (χ4v) is 4.29. The number of halogens is 1. The van der Waals surface area contributed by atoms with E-state index in [0.717, 1.165) is 52.6 Å². The molecule has 0 spiro atoms. The van der Waals surface area contributed by atoms with E-state index in [1.54, 1.807) is 12.3 Å². The van der Waals surface area contributed by atoms with Gasteiger partial charge in [-0.05, 0) is 49.6 Å². The van der Waals surface area contributed by atoms with Gasteiger partial charge in [0.1, 0.15) is 5.83 Å². The van der Waals surface area contributed by atoms with Crippen LogP contribution in [0.3, 0.4) is 0 Å². The van der Waals surface area contributed by atoms with Crippen molar-refractivity contribution < 1.29 is 12.8 Å². The van der Waals surface area contributed by atoms with Gasteiger partial charge < -0.3 is 10.3 Å². The molecule has 1 fully saturated rings. The van der Waals surface area contributed by atoms with Gasteiger partial charge in [-0.25, -0.2) is 17.8 Å². The standard InChI is InChI=1S/C22H25FN4O2S/c1-14-18(11-15-3-8-21(25-12-15)30(2,28)29)22-20(27(14)13-17(23)9-10-24)7-6-19(26-22)16-4-5-16/h3,6-9,12,16H,4-5,10-11,13,24H2,1-2H3. The Morgan fingerprint density at radius 3 is 2.67 bits per heavy atom. The molecule has 3 heterocycles. The van der Waals surface area contributed by atoms with Gasteiger partial charge in [0.05, 0.1) is 17.6 Å². The van der Waals surface area contributed by atoms with Gasteiger partial charge >= 0.3 is 0 Å². The van der Waals surface area contributed by atoms with Crippen LogP contribution in [0.5, 0.6) is 0 Å². The molecule has 2 N–H and O–H groups in total. The highest BCUT2D eigenvalue weighted by Gasteiger charge is 2.26. The summed E-state index contributed by atoms with van der Waals surface area (Å²) >= 11 is 0. The first-order chi connectivity index (χ1) is 14.3. The van der Waals surface area contributed by atoms with E-state index in [2.05, 4.69) is 4.98 Å². The molecule has 158 valence electrons. The second-order valence-corrected chi connectivity index (χ2v) is 9.83. The van der Waals surface area contributed by atoms with Crippen LogP contribution in [-0.2, 0) is 22.8 Å². The Hall–Kier alpha value is -2.58. The third-order valence-corrected chi connectivity index (χ3v) is 6.52. The molecule has 3 aromatic heterocycles. The maximum absolute atomic E-state index is 14.3. The van der Waals surface area contributed by atoms with Crippen molar-refractivity contribution in [2.45, 2.75) is 43.7 Å². The van der Waals surface area contributed by atoms with Gasteiger partial charge in [0.25, 0.3) is 0 Å². The van der Waals surface area contributed by atoms with Crippen molar-refractivity contribution >= 4 is 20.9 Å². The molecule has 0 bridgehead atoms. The number of hydrogen-bond donors (Lipinski definition) is 1. The molecule has 0 saturated heterocycles. The quantitative estimate of drug-likeness (QED) is 0.623. The van der Waals surface area contributed by atoms with Gasteiger partial charge in [-0.3, -0.25) is 4.98 Å². The van der Waals surface area contributed by atoms with E-state index < -0.39 is 9.84 Å². The first-order valence-electron chi connectivity index (χ1n) is 9.96. The first-order valence-corrected chi connectivity index (χ1v) is 11.8. The maximum atomic E-state index is 14.3. The van der Waals surface area contributed by atoms with E-state index in [0.29, 0.717) is 12.3 Å². The molecule has 1 saturated carbocycles. The zero-order valence-electron chi connectivity index (χ0n) is 17.1. The van der Waals surface area contributed by atoms with Crippen molar-refractivity contribution in [2.75, 3.05) is 12.8 Å². The Labute approximate surface area is 175 Å². The molecular formula is C22H25FN4O2S. The summed E-state index contributed by atoms with van der Waals surface area (Å²) in [7, 11) is -3.34. The van der Waals surface area contributed by atoms with Crippen LogP contribution in [0.2, 0.25) is 0 Å². The van der Waals surface area contributed by atoms with Gasteiger partial charge in [0.2, 0.25) is 0 Å². The van der Waals surface area contributed by atoms with Gasteiger partial charge in [-0.15, -0.1) is 0 Å². The fraction of sp³-hybridized carbons (Fsp3) is 0.364. The molecule has 3 aromatic rings. The molecule has 0 aromatic carbocycles. The normalized spacial score (nSPS) is 15.1. The van der Waals surface area contributed by atoms with Crippen molar-refractivity contribution in [1.29, 1.82) is 0 Å². The minimum atomic E-state index is -3.34. The van der Waals surface area contributed by atoms with Gasteiger partial charge in [-0.1, -0.05) is 6.07 Å². The molecule has 0 aliphatic heterocycles. The van der Waals surface area contributed by atoms with E-state index in [1.807, 2.05) is 23.6 Å². The van der Waals surface area contributed by atoms with Gasteiger partial charge in [0.15, 0.2) is 14.9 Å². The highest BCUT2D eigenvalue weighted by molar-refractivity contribution is 7.90. The van der Waals surface area contributed by atoms with Crippen LogP contribution in [0.25, 0.3) is 11.0 Å². The predicted molar refractivity (Wildman–Crippen MR) is 115 cm³/mol. The van der Waals surface area contributed by atoms with Crippen molar-refractivity contribution in [2.24, 2.45) is 5.73 Å². The average molecular weight is 429 g/mol. The number of hydrogen-bond acceptors (Lipinski definition) is 5. The van der Waals surface area contributed by atoms with Crippen LogP contribution in [-0.4, -0.2) is 35.8 Å². The Bertz CT molecular complexity index is 1230. The molecule has 1 aliphatic carbocycles. The highest BCUT2D eigenvalue weighted by Crippen LogP contribution is 2.40. The zero-order valence-corrected chi connectivity index (χ0v) is 17.9. The molecule has 30 heavy (non-hydrogen) atoms. The van der Waals surface area contributed by atoms with Crippen LogP contribution >= 0.6 is 0 Å². The molecule has 0 unspecified atom stereocenters. The number of nitrogens with zero attached hydrogens (tertiary/aromatic N) is 3. The van der Waals surface area contributed by atoms with Crippen LogP contribution < -0.4 is 5.73 Å². The smallest absolute Gasteiger partial charge is 0.192 e. The Morgan fingerprint density at radius 1 is 1.30 bits per heavy atom. The molecule has 8 heteroatoms. The zero-order chi connectivity index (χ0) is 21.5. The van der Waals surface area contributed by atoms with Crippen molar-refractivity contribution in [3.8, 4) is 0 Å². The number of allylic oxidation sites excluding steroid dienone is 1. The summed E-state index contributed by atoms with van der Waals surface area (Å²) in [5, 5.41) is 0.0496. The van der Waals surface area contributed by atoms with Crippen LogP contribution in [0, 0.1) is 6.92 Å². The number of pyridine rings is 2. The third kappa shape index (κ3) is 4.15. The predicted octanol–water partition coefficient (Wildman–Crippen LogP) is 3.42. The minimum Gasteiger partial charge on any atom is -0.336 e. The second kappa shape index (κ2) is 7.92. The Morgan fingerprint density at radius 2 is 2.07 bits per heavy atom. The summed E-state index contributed by atoms with van der Waals surface area (Å²) in [6.45, 7) is 2.22. The lowest BCUT2D eigenvalue weighted by molar-refractivity contribution is 0.554. The summed E-state index contributed by atoms with van der Waals surface area (Å²) in [5.74, 6) is 0.227. The maximum Gasteiger partial charge on any atom is 0.192 e. The lowest BCUT2D eigenvalue weighted by atomic mass is 10.1. The number of fused-ring (bicyclic) bond motifs is 1. The van der Waals surface area contributed by atoms with E-state index >= 15 is 0 Å². The molecular weight excluding hydrogens is 403 g/mol. The largest absolute Gasteiger partial charge is 0.336 e. The fourth-order valence-electron chi connectivity index (χ4n) is 3.73. The highest BCUT2D eigenvalue weighted by atomic mass is 32.2. The number of aromatic nitrogens is 3. The molecule has 4 rings (SSSR count). The third-order valence-electron chi connectivity index (χ3n) is 5.52. The summed E-state index contributed by atoms with van der Waals surface area (Å²) in [6, 6.07) is 7.34. The van der Waals surface area contributed by atoms with E-state index in [9.17, 15) is 12.8 Å². The monoisotopic (exact) mass is 428 g/mol. The molecule has 0 amide bonds. The van der Waals surface area contributed by atoms with Crippen molar-refractivity contribution in [3.05, 3.63) is 64.9 Å². The number of sulfone groups is 1. The molecule has 0 radical (unpaired) electrons. The topological polar surface area (TPSA) is 90.9 Å². The molecule has 1 aliphatic rings. The first kappa shape index (κ1) is 20.7. The Kier molecular flexibility index (Phi) is 5.46. The van der Waals surface area contributed by atoms with Gasteiger partial charge in [-0.2, -0.15) is 0 Å². The van der Waals surface area contributed by atoms with E-state index in [1.165, 1.54) is 12.1 Å². The number of rotatable bonds is 7. The van der Waals surface area contributed by atoms with Gasteiger partial charge in [0, 0.05) is 48.3 Å². The summed E-state index contributed by atoms with van der Waals surface area (Å²) in [5.41, 5.74) is 11.1. The number of nitrogens with two attached hydrogens (primary N) is 1. The van der Waals surface area contributed by atoms with Crippen molar-refractivity contribution in [3.63, 3.8) is 0 Å². The summed E-state index contributed by atoms with van der Waals surface area (Å²) < 4.78 is 39.5. The lowest BCUT2D eigenvalue weighted by Gasteiger charge is -2.07. The summed E-state index contributed by atoms with van der Waals surface area (Å²) in [6.07, 6.45) is 6.94. The van der Waals surface area contributed by atoms with Crippen molar-refractivity contribution in [1.82, 2.24) is 14.5 Å². The molecule has 6 nitrogen and oxygen atoms in total. The average Bonchev–Trinajstić information content (AvgIpc) is 3.51. The summed E-state index contributed by atoms with van der Waals surface area (Å²) in [4.78, 5) is 9.01. The van der Waals surface area contributed by atoms with Crippen LogP contribution in [0.1, 0.15) is 41.3 Å². The Balaban J connectivity index is 1.78. The molecule has 0 atom stereocenters. The van der Waals surface area contributed by atoms with Crippen LogP contribution in [0.4, 0.5) is 4.39 Å². The van der Waals surface area contributed by atoms with Crippen LogP contribution in [0.15, 0.2) is 47.4 Å². The second-order valence-electron chi connectivity index (χ2n) is 7.87. The lowest BCUT2D eigenvalue weighted by Crippen LogP contribution is -2.04. The SMILES string of the molecule is Cc1c(Cc2ccc(S(C)(=O)=O)nc2)c2nc(C3CC3)ccc2n1CC(F)=CCN.